The van der Waals surface area contributed by atoms with Gasteiger partial charge in [-0.1, -0.05) is 0 Å². The molecule has 2 atom stereocenters. The van der Waals surface area contributed by atoms with Gasteiger partial charge < -0.3 is 9.64 Å². The number of nitrogens with zero attached hydrogens (tertiary/aromatic N) is 1. The molecular weight excluding hydrogens is 411 g/mol. The average Bonchev–Trinajstić information content (AvgIpc) is 2.75. The summed E-state index contributed by atoms with van der Waals surface area (Å²) in [6.07, 6.45) is 3.05. The molecule has 0 spiro atoms. The third kappa shape index (κ3) is 5.28. The minimum Gasteiger partial charge on any atom is -0.484 e. The summed E-state index contributed by atoms with van der Waals surface area (Å²) in [7, 11) is 0. The van der Waals surface area contributed by atoms with Crippen molar-refractivity contribution in [1.29, 1.82) is 0 Å². The zero-order chi connectivity index (χ0) is 22.5. The molecular formula is C22H24F3N3O3. The molecule has 6 nitrogen and oxygen atoms in total. The maximum atomic E-state index is 13.6. The summed E-state index contributed by atoms with van der Waals surface area (Å²) in [4.78, 5) is 26.5. The zero-order valence-electron chi connectivity index (χ0n) is 17.3. The molecule has 1 saturated heterocycles. The van der Waals surface area contributed by atoms with Crippen LogP contribution in [0, 0.1) is 17.5 Å². The van der Waals surface area contributed by atoms with Gasteiger partial charge in [-0.15, -0.1) is 0 Å². The highest BCUT2D eigenvalue weighted by atomic mass is 19.2. The molecule has 2 amide bonds. The van der Waals surface area contributed by atoms with Gasteiger partial charge in [0.15, 0.2) is 24.1 Å². The van der Waals surface area contributed by atoms with Gasteiger partial charge in [0, 0.05) is 17.6 Å². The Morgan fingerprint density at radius 2 is 1.65 bits per heavy atom. The van der Waals surface area contributed by atoms with Crippen molar-refractivity contribution in [3.63, 3.8) is 0 Å². The van der Waals surface area contributed by atoms with Gasteiger partial charge in [0.05, 0.1) is 5.69 Å². The molecule has 1 heterocycles. The quantitative estimate of drug-likeness (QED) is 0.531. The van der Waals surface area contributed by atoms with Gasteiger partial charge in [0.25, 0.3) is 11.8 Å². The fourth-order valence-electron chi connectivity index (χ4n) is 3.65. The van der Waals surface area contributed by atoms with Crippen LogP contribution in [0.5, 0.6) is 5.75 Å². The average molecular weight is 435 g/mol. The van der Waals surface area contributed by atoms with Gasteiger partial charge in [-0.05, 0) is 69.5 Å². The van der Waals surface area contributed by atoms with E-state index in [0.29, 0.717) is 5.75 Å². The van der Waals surface area contributed by atoms with Crippen molar-refractivity contribution in [2.75, 3.05) is 12.0 Å². The fourth-order valence-corrected chi connectivity index (χ4v) is 3.65. The minimum atomic E-state index is -1.64. The van der Waals surface area contributed by atoms with Crippen LogP contribution in [0.2, 0.25) is 0 Å². The molecule has 2 aromatic rings. The van der Waals surface area contributed by atoms with Crippen molar-refractivity contribution in [3.05, 3.63) is 59.4 Å². The maximum absolute atomic E-state index is 13.6. The van der Waals surface area contributed by atoms with E-state index in [-0.39, 0.29) is 30.2 Å². The molecule has 2 aromatic carbocycles. The Balaban J connectivity index is 1.53. The van der Waals surface area contributed by atoms with Crippen molar-refractivity contribution in [1.82, 2.24) is 10.3 Å². The number of benzene rings is 2. The van der Waals surface area contributed by atoms with Crippen LogP contribution in [0.4, 0.5) is 18.9 Å². The number of likely N-dealkylation sites (tertiary alicyclic amines) is 1. The minimum absolute atomic E-state index is 0.0840. The molecule has 166 valence electrons. The number of nitrogens with one attached hydrogen (secondary N) is 2. The summed E-state index contributed by atoms with van der Waals surface area (Å²) in [6.45, 7) is 3.96. The second-order valence-electron chi connectivity index (χ2n) is 7.55. The molecule has 0 aromatic heterocycles. The Labute approximate surface area is 178 Å². The number of rotatable bonds is 6. The van der Waals surface area contributed by atoms with Gasteiger partial charge in [-0.25, -0.2) is 13.2 Å². The molecule has 1 fully saturated rings. The number of carbonyl (C=O) groups excluding carboxylic acids is 2. The van der Waals surface area contributed by atoms with Gasteiger partial charge in [-0.2, -0.15) is 0 Å². The number of hydrogen-bond acceptors (Lipinski definition) is 4. The van der Waals surface area contributed by atoms with Crippen LogP contribution in [0.25, 0.3) is 0 Å². The van der Waals surface area contributed by atoms with E-state index in [1.807, 2.05) is 18.7 Å². The lowest BCUT2D eigenvalue weighted by molar-refractivity contribution is -0.139. The second-order valence-corrected chi connectivity index (χ2v) is 7.55. The van der Waals surface area contributed by atoms with E-state index in [2.05, 4.69) is 10.9 Å². The summed E-state index contributed by atoms with van der Waals surface area (Å²) in [5, 5.41) is 0. The van der Waals surface area contributed by atoms with Crippen molar-refractivity contribution in [2.45, 2.75) is 45.2 Å². The SMILES string of the molecule is CC1CCCC(C)N1C(=O)COc1ccc(C(=O)NNc2ccc(F)c(F)c2F)cc1. The van der Waals surface area contributed by atoms with E-state index >= 15 is 0 Å². The number of halogens is 3. The van der Waals surface area contributed by atoms with Crippen molar-refractivity contribution >= 4 is 17.5 Å². The van der Waals surface area contributed by atoms with Gasteiger partial charge >= 0.3 is 0 Å². The maximum Gasteiger partial charge on any atom is 0.269 e. The van der Waals surface area contributed by atoms with Crippen LogP contribution in [0.3, 0.4) is 0 Å². The molecule has 31 heavy (non-hydrogen) atoms. The third-order valence-corrected chi connectivity index (χ3v) is 5.31. The van der Waals surface area contributed by atoms with Gasteiger partial charge in [0.1, 0.15) is 5.75 Å². The highest BCUT2D eigenvalue weighted by molar-refractivity contribution is 5.95. The highest BCUT2D eigenvalue weighted by Crippen LogP contribution is 2.23. The number of hydrazine groups is 1. The van der Waals surface area contributed by atoms with E-state index in [1.54, 1.807) is 0 Å². The van der Waals surface area contributed by atoms with Crippen LogP contribution >= 0.6 is 0 Å². The largest absolute Gasteiger partial charge is 0.484 e. The van der Waals surface area contributed by atoms with E-state index in [1.165, 1.54) is 24.3 Å². The normalized spacial score (nSPS) is 18.4. The monoisotopic (exact) mass is 435 g/mol. The first kappa shape index (κ1) is 22.5. The highest BCUT2D eigenvalue weighted by Gasteiger charge is 2.29. The molecule has 0 bridgehead atoms. The number of carbonyl (C=O) groups is 2. The summed E-state index contributed by atoms with van der Waals surface area (Å²) in [5.74, 6) is -4.69. The van der Waals surface area contributed by atoms with Crippen LogP contribution < -0.4 is 15.6 Å². The Morgan fingerprint density at radius 1 is 1.00 bits per heavy atom. The molecule has 1 aliphatic heterocycles. The lowest BCUT2D eigenvalue weighted by Crippen LogP contribution is -2.49. The molecule has 0 radical (unpaired) electrons. The number of amides is 2. The smallest absolute Gasteiger partial charge is 0.269 e. The Morgan fingerprint density at radius 3 is 2.29 bits per heavy atom. The first-order valence-electron chi connectivity index (χ1n) is 10.0. The van der Waals surface area contributed by atoms with E-state index in [9.17, 15) is 22.8 Å². The first-order valence-corrected chi connectivity index (χ1v) is 10.0. The van der Waals surface area contributed by atoms with Crippen molar-refractivity contribution in [2.24, 2.45) is 0 Å². The third-order valence-electron chi connectivity index (χ3n) is 5.31. The predicted molar refractivity (Wildman–Crippen MR) is 109 cm³/mol. The number of ether oxygens (including phenoxy) is 1. The van der Waals surface area contributed by atoms with Crippen molar-refractivity contribution < 1.29 is 27.5 Å². The van der Waals surface area contributed by atoms with Gasteiger partial charge in [0.2, 0.25) is 0 Å². The summed E-state index contributed by atoms with van der Waals surface area (Å²) < 4.78 is 45.4. The van der Waals surface area contributed by atoms with Crippen LogP contribution in [0.1, 0.15) is 43.5 Å². The van der Waals surface area contributed by atoms with Crippen molar-refractivity contribution in [3.8, 4) is 5.75 Å². The first-order chi connectivity index (χ1) is 14.8. The standard InChI is InChI=1S/C22H24F3N3O3/c1-13-4-3-5-14(2)28(13)19(29)12-31-16-8-6-15(7-9-16)22(30)27-26-18-11-10-17(23)20(24)21(18)25/h6-11,13-14,26H,3-5,12H2,1-2H3,(H,27,30). The molecule has 0 saturated carbocycles. The van der Waals surface area contributed by atoms with Crippen LogP contribution in [0.15, 0.2) is 36.4 Å². The summed E-state index contributed by atoms with van der Waals surface area (Å²) >= 11 is 0. The lowest BCUT2D eigenvalue weighted by Gasteiger charge is -2.38. The second kappa shape index (κ2) is 9.72. The molecule has 0 aliphatic carbocycles. The van der Waals surface area contributed by atoms with E-state index in [4.69, 9.17) is 4.74 Å². The van der Waals surface area contributed by atoms with Gasteiger partial charge in [-0.3, -0.25) is 20.4 Å². The molecule has 9 heteroatoms. The van der Waals surface area contributed by atoms with E-state index < -0.39 is 29.0 Å². The Kier molecular flexibility index (Phi) is 7.04. The predicted octanol–water partition coefficient (Wildman–Crippen LogP) is 4.03. The molecule has 3 rings (SSSR count). The molecule has 2 unspecified atom stereocenters. The summed E-state index contributed by atoms with van der Waals surface area (Å²) in [5.41, 5.74) is 4.23. The molecule has 2 N–H and O–H groups in total. The number of anilines is 1. The molecule has 1 aliphatic rings. The zero-order valence-corrected chi connectivity index (χ0v) is 17.3. The summed E-state index contributed by atoms with van der Waals surface area (Å²) in [6, 6.07) is 8.05. The van der Waals surface area contributed by atoms with E-state index in [0.717, 1.165) is 31.4 Å². The number of piperidine rings is 1. The lowest BCUT2D eigenvalue weighted by atomic mass is 9.97. The van der Waals surface area contributed by atoms with Crippen LogP contribution in [-0.2, 0) is 4.79 Å². The number of hydrogen-bond donors (Lipinski definition) is 2. The van der Waals surface area contributed by atoms with Crippen LogP contribution in [-0.4, -0.2) is 35.4 Å². The Bertz CT molecular complexity index is 943. The fraction of sp³-hybridized carbons (Fsp3) is 0.364. The Hall–Kier alpha value is -3.23. The topological polar surface area (TPSA) is 70.7 Å².